The van der Waals surface area contributed by atoms with E-state index < -0.39 is 0 Å². The monoisotopic (exact) mass is 179 g/mol. The third-order valence-corrected chi connectivity index (χ3v) is 1.00. The molecule has 0 aromatic heterocycles. The topological polar surface area (TPSA) is 32.6 Å². The Morgan fingerprint density at radius 3 is 2.40 bits per heavy atom. The zero-order valence-corrected chi connectivity index (χ0v) is 6.89. The van der Waals surface area contributed by atoms with Gasteiger partial charge in [-0.3, -0.25) is 0 Å². The van der Waals surface area contributed by atoms with Crippen LogP contribution in [-0.4, -0.2) is 11.4 Å². The van der Waals surface area contributed by atoms with E-state index in [1.54, 1.807) is 13.0 Å². The molecule has 2 nitrogen and oxygen atoms in total. The van der Waals surface area contributed by atoms with Crippen LogP contribution in [0.3, 0.4) is 0 Å². The summed E-state index contributed by atoms with van der Waals surface area (Å²) >= 11 is 10.9. The Balaban J connectivity index is 4.05. The van der Waals surface area contributed by atoms with Crippen molar-refractivity contribution in [3.8, 4) is 0 Å². The zero-order chi connectivity index (χ0) is 7.98. The highest BCUT2D eigenvalue weighted by molar-refractivity contribution is 6.39. The van der Waals surface area contributed by atoms with Gasteiger partial charge in [0.05, 0.1) is 11.2 Å². The van der Waals surface area contributed by atoms with E-state index in [9.17, 15) is 0 Å². The van der Waals surface area contributed by atoms with Crippen molar-refractivity contribution in [2.24, 2.45) is 5.16 Å². The van der Waals surface area contributed by atoms with Crippen LogP contribution < -0.4 is 0 Å². The first-order valence-corrected chi connectivity index (χ1v) is 3.29. The SMILES string of the molecule is C\C(Cl)=C/C=C(Cl)\C=N\O. The number of nitrogens with zero attached hydrogens (tertiary/aromatic N) is 1. The van der Waals surface area contributed by atoms with Crippen LogP contribution in [-0.2, 0) is 0 Å². The highest BCUT2D eigenvalue weighted by Gasteiger charge is 1.82. The van der Waals surface area contributed by atoms with Crippen LogP contribution in [0.2, 0.25) is 0 Å². The van der Waals surface area contributed by atoms with Gasteiger partial charge in [-0.1, -0.05) is 28.4 Å². The summed E-state index contributed by atoms with van der Waals surface area (Å²) < 4.78 is 0. The van der Waals surface area contributed by atoms with E-state index >= 15 is 0 Å². The summed E-state index contributed by atoms with van der Waals surface area (Å²) in [5.74, 6) is 0. The van der Waals surface area contributed by atoms with Crippen molar-refractivity contribution in [3.05, 3.63) is 22.2 Å². The van der Waals surface area contributed by atoms with Crippen molar-refractivity contribution >= 4 is 29.4 Å². The van der Waals surface area contributed by atoms with Crippen LogP contribution >= 0.6 is 23.2 Å². The molecule has 0 atom stereocenters. The average Bonchev–Trinajstić information content (AvgIpc) is 1.85. The molecule has 56 valence electrons. The number of oxime groups is 1. The van der Waals surface area contributed by atoms with Crippen LogP contribution in [0, 0.1) is 0 Å². The Hall–Kier alpha value is -0.470. The molecule has 0 rings (SSSR count). The maximum atomic E-state index is 7.99. The Morgan fingerprint density at radius 2 is 2.00 bits per heavy atom. The highest BCUT2D eigenvalue weighted by Crippen LogP contribution is 2.02. The summed E-state index contributed by atoms with van der Waals surface area (Å²) in [6, 6.07) is 0. The van der Waals surface area contributed by atoms with Crippen molar-refractivity contribution in [1.82, 2.24) is 0 Å². The average molecular weight is 180 g/mol. The minimum Gasteiger partial charge on any atom is -0.411 e. The van der Waals surface area contributed by atoms with E-state index in [-0.39, 0.29) is 0 Å². The third kappa shape index (κ3) is 5.66. The molecule has 0 aliphatic carbocycles. The maximum absolute atomic E-state index is 7.99. The van der Waals surface area contributed by atoms with E-state index in [2.05, 4.69) is 5.16 Å². The summed E-state index contributed by atoms with van der Waals surface area (Å²) in [5, 5.41) is 11.6. The van der Waals surface area contributed by atoms with Crippen molar-refractivity contribution in [1.29, 1.82) is 0 Å². The van der Waals surface area contributed by atoms with Gasteiger partial charge in [0.1, 0.15) is 0 Å². The number of allylic oxidation sites excluding steroid dienone is 4. The first-order valence-electron chi connectivity index (χ1n) is 2.54. The maximum Gasteiger partial charge on any atom is 0.0847 e. The lowest BCUT2D eigenvalue weighted by molar-refractivity contribution is 0.322. The van der Waals surface area contributed by atoms with E-state index in [4.69, 9.17) is 28.4 Å². The third-order valence-electron chi connectivity index (χ3n) is 0.653. The quantitative estimate of drug-likeness (QED) is 0.301. The normalized spacial score (nSPS) is 14.7. The molecular weight excluding hydrogens is 173 g/mol. The molecule has 0 fully saturated rings. The molecule has 0 amide bonds. The highest BCUT2D eigenvalue weighted by atomic mass is 35.5. The summed E-state index contributed by atoms with van der Waals surface area (Å²) in [7, 11) is 0. The van der Waals surface area contributed by atoms with Crippen molar-refractivity contribution in [2.75, 3.05) is 0 Å². The lowest BCUT2D eigenvalue weighted by atomic mass is 10.4. The van der Waals surface area contributed by atoms with Gasteiger partial charge >= 0.3 is 0 Å². The van der Waals surface area contributed by atoms with Gasteiger partial charge in [0.15, 0.2) is 0 Å². The summed E-state index contributed by atoms with van der Waals surface area (Å²) in [4.78, 5) is 0. The molecular formula is C6H7Cl2NO. The number of halogens is 2. The first kappa shape index (κ1) is 9.53. The molecule has 1 N–H and O–H groups in total. The van der Waals surface area contributed by atoms with E-state index in [0.29, 0.717) is 10.1 Å². The van der Waals surface area contributed by atoms with Gasteiger partial charge in [-0.25, -0.2) is 0 Å². The smallest absolute Gasteiger partial charge is 0.0847 e. The van der Waals surface area contributed by atoms with Gasteiger partial charge < -0.3 is 5.21 Å². The zero-order valence-electron chi connectivity index (χ0n) is 5.38. The fraction of sp³-hybridized carbons (Fsp3) is 0.167. The van der Waals surface area contributed by atoms with Gasteiger partial charge in [-0.2, -0.15) is 0 Å². The van der Waals surface area contributed by atoms with Crippen molar-refractivity contribution in [2.45, 2.75) is 6.92 Å². The van der Waals surface area contributed by atoms with Crippen molar-refractivity contribution < 1.29 is 5.21 Å². The minimum absolute atomic E-state index is 0.322. The molecule has 0 saturated heterocycles. The second-order valence-corrected chi connectivity index (χ2v) is 2.58. The minimum atomic E-state index is 0.322. The number of rotatable bonds is 2. The molecule has 4 heteroatoms. The molecule has 0 heterocycles. The van der Waals surface area contributed by atoms with Crippen LogP contribution in [0.25, 0.3) is 0 Å². The summed E-state index contributed by atoms with van der Waals surface area (Å²) in [6.45, 7) is 1.72. The summed E-state index contributed by atoms with van der Waals surface area (Å²) in [6.07, 6.45) is 4.24. The number of hydrogen-bond donors (Lipinski definition) is 1. The lowest BCUT2D eigenvalue weighted by Crippen LogP contribution is -1.71. The molecule has 0 aliphatic heterocycles. The second-order valence-electron chi connectivity index (χ2n) is 1.55. The first-order chi connectivity index (χ1) is 4.66. The van der Waals surface area contributed by atoms with Gasteiger partial charge in [0.2, 0.25) is 0 Å². The molecule has 10 heavy (non-hydrogen) atoms. The molecule has 0 aromatic carbocycles. The predicted molar refractivity (Wildman–Crippen MR) is 43.8 cm³/mol. The Kier molecular flexibility index (Phi) is 5.08. The van der Waals surface area contributed by atoms with Gasteiger partial charge in [-0.15, -0.1) is 0 Å². The molecule has 0 radical (unpaired) electrons. The Bertz CT molecular complexity index is 180. The molecule has 0 spiro atoms. The largest absolute Gasteiger partial charge is 0.411 e. The second kappa shape index (κ2) is 5.33. The molecule has 0 aliphatic rings. The van der Waals surface area contributed by atoms with Crippen LogP contribution in [0.1, 0.15) is 6.92 Å². The fourth-order valence-electron chi connectivity index (χ4n) is 0.293. The van der Waals surface area contributed by atoms with Crippen LogP contribution in [0.15, 0.2) is 27.4 Å². The number of hydrogen-bond acceptors (Lipinski definition) is 2. The van der Waals surface area contributed by atoms with Gasteiger partial charge in [0.25, 0.3) is 0 Å². The van der Waals surface area contributed by atoms with Gasteiger partial charge in [0, 0.05) is 5.03 Å². The predicted octanol–water partition coefficient (Wildman–Crippen LogP) is 2.71. The van der Waals surface area contributed by atoms with E-state index in [1.807, 2.05) is 0 Å². The standard InChI is InChI=1S/C6H7Cl2NO/c1-5(7)2-3-6(8)4-9-10/h2-4,10H,1H3/b5-2+,6-3+,9-4+. The van der Waals surface area contributed by atoms with Crippen LogP contribution in [0.4, 0.5) is 0 Å². The molecule has 0 bridgehead atoms. The van der Waals surface area contributed by atoms with Gasteiger partial charge in [-0.05, 0) is 19.1 Å². The summed E-state index contributed by atoms with van der Waals surface area (Å²) in [5.41, 5.74) is 0. The Labute approximate surface area is 69.4 Å². The molecule has 0 saturated carbocycles. The molecule has 0 unspecified atom stereocenters. The van der Waals surface area contributed by atoms with Crippen LogP contribution in [0.5, 0.6) is 0 Å². The van der Waals surface area contributed by atoms with E-state index in [0.717, 1.165) is 6.21 Å². The van der Waals surface area contributed by atoms with Crippen molar-refractivity contribution in [3.63, 3.8) is 0 Å². The van der Waals surface area contributed by atoms with E-state index in [1.165, 1.54) is 6.08 Å². The fourth-order valence-corrected chi connectivity index (χ4v) is 0.462. The Morgan fingerprint density at radius 1 is 1.40 bits per heavy atom. The molecule has 0 aromatic rings. The lowest BCUT2D eigenvalue weighted by Gasteiger charge is -1.82.